The van der Waals surface area contributed by atoms with Crippen molar-refractivity contribution in [3.8, 4) is 0 Å². The highest BCUT2D eigenvalue weighted by Crippen LogP contribution is 2.22. The van der Waals surface area contributed by atoms with E-state index in [1.54, 1.807) is 11.8 Å². The van der Waals surface area contributed by atoms with Gasteiger partial charge in [-0.25, -0.2) is 4.79 Å². The van der Waals surface area contributed by atoms with Crippen molar-refractivity contribution < 1.29 is 19.1 Å². The molecule has 1 aromatic heterocycles. The van der Waals surface area contributed by atoms with E-state index in [1.807, 2.05) is 6.92 Å². The maximum absolute atomic E-state index is 11.6. The van der Waals surface area contributed by atoms with E-state index in [4.69, 9.17) is 9.52 Å². The molecule has 2 rings (SSSR count). The molecule has 1 saturated heterocycles. The highest BCUT2D eigenvalue weighted by atomic mass is 16.4. The van der Waals surface area contributed by atoms with Crippen LogP contribution in [0.5, 0.6) is 0 Å². The first kappa shape index (κ1) is 11.7. The summed E-state index contributed by atoms with van der Waals surface area (Å²) in [7, 11) is 0. The van der Waals surface area contributed by atoms with Crippen molar-refractivity contribution >= 4 is 11.9 Å². The molecule has 0 bridgehead atoms. The van der Waals surface area contributed by atoms with Gasteiger partial charge in [-0.2, -0.15) is 0 Å². The Kier molecular flexibility index (Phi) is 2.92. The van der Waals surface area contributed by atoms with Crippen LogP contribution in [0.2, 0.25) is 0 Å². The fourth-order valence-electron chi connectivity index (χ4n) is 2.14. The van der Waals surface area contributed by atoms with E-state index < -0.39 is 5.97 Å². The van der Waals surface area contributed by atoms with Gasteiger partial charge < -0.3 is 14.4 Å². The Hall–Kier alpha value is -1.78. The number of carbonyl (C=O) groups is 2. The number of furan rings is 1. The van der Waals surface area contributed by atoms with Crippen molar-refractivity contribution in [1.82, 2.24) is 4.90 Å². The van der Waals surface area contributed by atoms with Crippen molar-refractivity contribution in [2.45, 2.75) is 26.8 Å². The van der Waals surface area contributed by atoms with Crippen LogP contribution in [0.3, 0.4) is 0 Å². The molecule has 1 atom stereocenters. The van der Waals surface area contributed by atoms with Crippen LogP contribution >= 0.6 is 0 Å². The van der Waals surface area contributed by atoms with E-state index in [2.05, 4.69) is 0 Å². The lowest BCUT2D eigenvalue weighted by Crippen LogP contribution is -2.24. The number of hydrogen-bond acceptors (Lipinski definition) is 3. The van der Waals surface area contributed by atoms with Gasteiger partial charge in [0.2, 0.25) is 5.91 Å². The van der Waals surface area contributed by atoms with Crippen LogP contribution in [-0.4, -0.2) is 28.4 Å². The summed E-state index contributed by atoms with van der Waals surface area (Å²) in [4.78, 5) is 24.1. The van der Waals surface area contributed by atoms with Gasteiger partial charge in [0.1, 0.15) is 17.1 Å². The number of nitrogens with zero attached hydrogens (tertiary/aromatic N) is 1. The summed E-state index contributed by atoms with van der Waals surface area (Å²) in [6, 6.07) is 1.49. The molecule has 2 heterocycles. The number of hydrogen-bond donors (Lipinski definition) is 1. The van der Waals surface area contributed by atoms with Crippen molar-refractivity contribution in [3.05, 3.63) is 23.2 Å². The Bertz CT molecular complexity index is 463. The average molecular weight is 237 g/mol. The SMILES string of the molecule is Cc1oc(CN2CC(C)CC2=O)cc1C(=O)O. The second kappa shape index (κ2) is 4.24. The molecule has 5 nitrogen and oxygen atoms in total. The Morgan fingerprint density at radius 3 is 2.82 bits per heavy atom. The summed E-state index contributed by atoms with van der Waals surface area (Å²) >= 11 is 0. The minimum Gasteiger partial charge on any atom is -0.478 e. The van der Waals surface area contributed by atoms with Gasteiger partial charge in [0.25, 0.3) is 0 Å². The zero-order valence-electron chi connectivity index (χ0n) is 9.90. The normalized spacial score (nSPS) is 20.0. The molecule has 0 spiro atoms. The summed E-state index contributed by atoms with van der Waals surface area (Å²) < 4.78 is 5.35. The lowest BCUT2D eigenvalue weighted by molar-refractivity contribution is -0.128. The molecule has 1 N–H and O–H groups in total. The first-order valence-corrected chi connectivity index (χ1v) is 5.57. The predicted octanol–water partition coefficient (Wildman–Crippen LogP) is 1.65. The van der Waals surface area contributed by atoms with Crippen molar-refractivity contribution in [2.24, 2.45) is 5.92 Å². The summed E-state index contributed by atoms with van der Waals surface area (Å²) in [5, 5.41) is 8.89. The van der Waals surface area contributed by atoms with Crippen LogP contribution < -0.4 is 0 Å². The van der Waals surface area contributed by atoms with Crippen LogP contribution in [-0.2, 0) is 11.3 Å². The Morgan fingerprint density at radius 1 is 1.65 bits per heavy atom. The number of rotatable bonds is 3. The summed E-state index contributed by atoms with van der Waals surface area (Å²) in [5.74, 6) is 0.370. The largest absolute Gasteiger partial charge is 0.478 e. The van der Waals surface area contributed by atoms with Crippen molar-refractivity contribution in [1.29, 1.82) is 0 Å². The van der Waals surface area contributed by atoms with E-state index in [-0.39, 0.29) is 11.5 Å². The van der Waals surface area contributed by atoms with Crippen LogP contribution in [0.4, 0.5) is 0 Å². The molecule has 0 saturated carbocycles. The summed E-state index contributed by atoms with van der Waals surface area (Å²) in [6.45, 7) is 4.70. The number of carbonyl (C=O) groups excluding carboxylic acids is 1. The molecule has 1 fully saturated rings. The molecule has 1 aromatic rings. The minimum atomic E-state index is -1.00. The number of aromatic carboxylic acids is 1. The van der Waals surface area contributed by atoms with Gasteiger partial charge in [0.05, 0.1) is 6.54 Å². The zero-order valence-corrected chi connectivity index (χ0v) is 9.90. The highest BCUT2D eigenvalue weighted by molar-refractivity contribution is 5.88. The fourth-order valence-corrected chi connectivity index (χ4v) is 2.14. The fraction of sp³-hybridized carbons (Fsp3) is 0.500. The zero-order chi connectivity index (χ0) is 12.6. The Balaban J connectivity index is 2.12. The van der Waals surface area contributed by atoms with Gasteiger partial charge in [-0.15, -0.1) is 0 Å². The molecular formula is C12H15NO4. The van der Waals surface area contributed by atoms with Gasteiger partial charge >= 0.3 is 5.97 Å². The molecule has 17 heavy (non-hydrogen) atoms. The number of carboxylic acid groups (broad SMARTS) is 1. The number of aryl methyl sites for hydroxylation is 1. The maximum atomic E-state index is 11.6. The quantitative estimate of drug-likeness (QED) is 0.867. The van der Waals surface area contributed by atoms with E-state index in [0.29, 0.717) is 36.9 Å². The topological polar surface area (TPSA) is 70.8 Å². The van der Waals surface area contributed by atoms with Crippen molar-refractivity contribution in [2.75, 3.05) is 6.54 Å². The van der Waals surface area contributed by atoms with Gasteiger partial charge in [-0.05, 0) is 18.9 Å². The number of likely N-dealkylation sites (tertiary alicyclic amines) is 1. The van der Waals surface area contributed by atoms with E-state index in [1.165, 1.54) is 6.07 Å². The van der Waals surface area contributed by atoms with Gasteiger partial charge in [-0.1, -0.05) is 6.92 Å². The van der Waals surface area contributed by atoms with Gasteiger partial charge in [-0.3, -0.25) is 4.79 Å². The second-order valence-electron chi connectivity index (χ2n) is 4.57. The Morgan fingerprint density at radius 2 is 2.35 bits per heavy atom. The Labute approximate surface area is 99.0 Å². The van der Waals surface area contributed by atoms with E-state index >= 15 is 0 Å². The van der Waals surface area contributed by atoms with Crippen LogP contribution in [0.1, 0.15) is 35.2 Å². The number of amides is 1. The lowest BCUT2D eigenvalue weighted by Gasteiger charge is -2.13. The third-order valence-corrected chi connectivity index (χ3v) is 2.95. The predicted molar refractivity (Wildman–Crippen MR) is 59.6 cm³/mol. The van der Waals surface area contributed by atoms with Crippen LogP contribution in [0.15, 0.2) is 10.5 Å². The molecule has 0 radical (unpaired) electrons. The third kappa shape index (κ3) is 2.33. The molecule has 1 unspecified atom stereocenters. The molecule has 1 amide bonds. The average Bonchev–Trinajstić information content (AvgIpc) is 2.71. The lowest BCUT2D eigenvalue weighted by atomic mass is 10.2. The third-order valence-electron chi connectivity index (χ3n) is 2.95. The highest BCUT2D eigenvalue weighted by Gasteiger charge is 2.27. The van der Waals surface area contributed by atoms with Crippen LogP contribution in [0, 0.1) is 12.8 Å². The maximum Gasteiger partial charge on any atom is 0.339 e. The first-order valence-electron chi connectivity index (χ1n) is 5.57. The molecule has 0 aliphatic carbocycles. The van der Waals surface area contributed by atoms with E-state index in [0.717, 1.165) is 0 Å². The smallest absolute Gasteiger partial charge is 0.339 e. The van der Waals surface area contributed by atoms with Gasteiger partial charge in [0, 0.05) is 13.0 Å². The standard InChI is InChI=1S/C12H15NO4/c1-7-3-11(14)13(5-7)6-9-4-10(12(15)16)8(2)17-9/h4,7H,3,5-6H2,1-2H3,(H,15,16). The van der Waals surface area contributed by atoms with Crippen LogP contribution in [0.25, 0.3) is 0 Å². The summed E-state index contributed by atoms with van der Waals surface area (Å²) in [6.07, 6.45) is 0.561. The monoisotopic (exact) mass is 237 g/mol. The first-order chi connectivity index (χ1) is 7.97. The van der Waals surface area contributed by atoms with Crippen molar-refractivity contribution in [3.63, 3.8) is 0 Å². The molecule has 0 aromatic carbocycles. The molecule has 5 heteroatoms. The second-order valence-corrected chi connectivity index (χ2v) is 4.57. The minimum absolute atomic E-state index is 0.100. The number of carboxylic acids is 1. The molecule has 1 aliphatic rings. The van der Waals surface area contributed by atoms with Gasteiger partial charge in [0.15, 0.2) is 0 Å². The summed E-state index contributed by atoms with van der Waals surface area (Å²) in [5.41, 5.74) is 0.166. The van der Waals surface area contributed by atoms with E-state index in [9.17, 15) is 9.59 Å². The molecule has 92 valence electrons. The molecule has 1 aliphatic heterocycles. The molecular weight excluding hydrogens is 222 g/mol.